The molecule has 1 unspecified atom stereocenters. The molecule has 4 aromatic rings. The highest BCUT2D eigenvalue weighted by molar-refractivity contribution is 6.11. The van der Waals surface area contributed by atoms with Gasteiger partial charge in [0.2, 0.25) is 0 Å². The molecule has 10 heteroatoms. The minimum absolute atomic E-state index is 0.212. The molecule has 45 heavy (non-hydrogen) atoms. The van der Waals surface area contributed by atoms with Crippen LogP contribution in [0.2, 0.25) is 0 Å². The van der Waals surface area contributed by atoms with Gasteiger partial charge in [-0.3, -0.25) is 9.69 Å². The Morgan fingerprint density at radius 3 is 2.07 bits per heavy atom. The van der Waals surface area contributed by atoms with Crippen molar-refractivity contribution in [1.29, 1.82) is 0 Å². The van der Waals surface area contributed by atoms with Gasteiger partial charge in [0, 0.05) is 41.4 Å². The zero-order chi connectivity index (χ0) is 31.8. The second-order valence-corrected chi connectivity index (χ2v) is 11.1. The average Bonchev–Trinajstić information content (AvgIpc) is 3.60. The number of rotatable bonds is 9. The van der Waals surface area contributed by atoms with Crippen LogP contribution in [0.15, 0.2) is 103 Å². The maximum Gasteiger partial charge on any atom is 0.328 e. The van der Waals surface area contributed by atoms with Gasteiger partial charge in [-0.05, 0) is 62.0 Å². The Morgan fingerprint density at radius 1 is 0.822 bits per heavy atom. The number of carboxylic acid groups (broad SMARTS) is 2. The van der Waals surface area contributed by atoms with Gasteiger partial charge in [-0.2, -0.15) is 0 Å². The van der Waals surface area contributed by atoms with Crippen molar-refractivity contribution in [2.24, 2.45) is 0 Å². The van der Waals surface area contributed by atoms with Gasteiger partial charge in [-0.1, -0.05) is 78.9 Å². The van der Waals surface area contributed by atoms with Gasteiger partial charge in [0.05, 0.1) is 0 Å². The van der Waals surface area contributed by atoms with E-state index in [-0.39, 0.29) is 11.9 Å². The second kappa shape index (κ2) is 14.0. The number of aliphatic carboxylic acids is 2. The molecule has 0 bridgehead atoms. The molecule has 2 aliphatic heterocycles. The number of aromatic nitrogens is 1. The largest absolute Gasteiger partial charge is 0.478 e. The number of nitrogens with one attached hydrogen (secondary N) is 2. The van der Waals surface area contributed by atoms with Crippen LogP contribution in [-0.4, -0.2) is 75.1 Å². The summed E-state index contributed by atoms with van der Waals surface area (Å²) in [5.41, 5.74) is 2.66. The summed E-state index contributed by atoms with van der Waals surface area (Å²) in [5, 5.41) is 19.7. The third-order valence-electron chi connectivity index (χ3n) is 8.39. The van der Waals surface area contributed by atoms with E-state index in [4.69, 9.17) is 10.2 Å². The highest BCUT2D eigenvalue weighted by atomic mass is 16.4. The number of amides is 3. The Morgan fingerprint density at radius 2 is 1.42 bits per heavy atom. The monoisotopic (exact) mass is 608 g/mol. The molecular weight excluding hydrogens is 572 g/mol. The molecule has 0 spiro atoms. The van der Waals surface area contributed by atoms with E-state index in [0.29, 0.717) is 24.6 Å². The van der Waals surface area contributed by atoms with Crippen LogP contribution < -0.4 is 5.32 Å². The predicted octanol–water partition coefficient (Wildman–Crippen LogP) is 4.94. The number of likely N-dealkylation sites (tertiary alicyclic amines) is 1. The van der Waals surface area contributed by atoms with Gasteiger partial charge in [-0.15, -0.1) is 0 Å². The van der Waals surface area contributed by atoms with Crippen LogP contribution in [0.25, 0.3) is 10.9 Å². The third kappa shape index (κ3) is 6.97. The van der Waals surface area contributed by atoms with Crippen molar-refractivity contribution >= 4 is 34.8 Å². The Labute approximate surface area is 261 Å². The lowest BCUT2D eigenvalue weighted by Crippen LogP contribution is -2.45. The van der Waals surface area contributed by atoms with E-state index in [1.54, 1.807) is 0 Å². The summed E-state index contributed by atoms with van der Waals surface area (Å²) < 4.78 is 0. The van der Waals surface area contributed by atoms with Crippen LogP contribution >= 0.6 is 0 Å². The fraction of sp³-hybridized carbons (Fsp3) is 0.257. The molecule has 1 aromatic heterocycles. The minimum atomic E-state index is -1.26. The van der Waals surface area contributed by atoms with Gasteiger partial charge in [0.1, 0.15) is 0 Å². The fourth-order valence-corrected chi connectivity index (χ4v) is 6.19. The smallest absolute Gasteiger partial charge is 0.328 e. The highest BCUT2D eigenvalue weighted by Crippen LogP contribution is 2.39. The number of carboxylic acids is 2. The van der Waals surface area contributed by atoms with E-state index in [2.05, 4.69) is 45.5 Å². The Bertz CT molecular complexity index is 1660. The number of nitrogens with zero attached hydrogens (tertiary/aromatic N) is 2. The quantitative estimate of drug-likeness (QED) is 0.156. The van der Waals surface area contributed by atoms with Crippen molar-refractivity contribution in [2.45, 2.75) is 30.7 Å². The van der Waals surface area contributed by atoms with Crippen LogP contribution in [-0.2, 0) is 19.9 Å². The number of aromatic amines is 1. The van der Waals surface area contributed by atoms with Gasteiger partial charge < -0.3 is 25.4 Å². The van der Waals surface area contributed by atoms with Crippen LogP contribution in [0, 0.1) is 0 Å². The summed E-state index contributed by atoms with van der Waals surface area (Å²) in [6.07, 6.45) is 6.02. The first kappa shape index (κ1) is 31.2. The molecular formula is C35H36N4O6. The molecule has 0 radical (unpaired) electrons. The van der Waals surface area contributed by atoms with E-state index in [9.17, 15) is 19.2 Å². The summed E-state index contributed by atoms with van der Waals surface area (Å²) in [5.74, 6) is -2.11. The topological polar surface area (TPSA) is 143 Å². The SMILES string of the molecule is O=C(O)/C=C\C(=O)O.O=C1NC(c2ccccc2)(c2c[nH]c3ccccc23)C(=O)N1CCCN1CCC(c2ccccc2)CC1. The second-order valence-electron chi connectivity index (χ2n) is 11.1. The van der Waals surface area contributed by atoms with Crippen LogP contribution in [0.1, 0.15) is 41.9 Å². The maximum atomic E-state index is 14.1. The van der Waals surface area contributed by atoms with Crippen LogP contribution in [0.3, 0.4) is 0 Å². The van der Waals surface area contributed by atoms with Gasteiger partial charge in [-0.25, -0.2) is 14.4 Å². The summed E-state index contributed by atoms with van der Waals surface area (Å²) in [6, 6.07) is 27.9. The first-order valence-corrected chi connectivity index (χ1v) is 15.0. The number of carbonyl (C=O) groups excluding carboxylic acids is 2. The lowest BCUT2D eigenvalue weighted by Gasteiger charge is -2.32. The van der Waals surface area contributed by atoms with Crippen molar-refractivity contribution in [3.05, 3.63) is 120 Å². The number of hydrogen-bond acceptors (Lipinski definition) is 5. The number of urea groups is 1. The number of para-hydroxylation sites is 1. The van der Waals surface area contributed by atoms with E-state index in [1.165, 1.54) is 10.5 Å². The zero-order valence-corrected chi connectivity index (χ0v) is 24.8. The number of hydrogen-bond donors (Lipinski definition) is 4. The van der Waals surface area contributed by atoms with Crippen molar-refractivity contribution in [3.8, 4) is 0 Å². The molecule has 3 heterocycles. The molecule has 3 amide bonds. The Hall–Kier alpha value is -5.22. The first-order chi connectivity index (χ1) is 21.8. The van der Waals surface area contributed by atoms with Crippen molar-refractivity contribution < 1.29 is 29.4 Å². The zero-order valence-electron chi connectivity index (χ0n) is 24.8. The Balaban J connectivity index is 0.000000444. The fourth-order valence-electron chi connectivity index (χ4n) is 6.19. The minimum Gasteiger partial charge on any atom is -0.478 e. The number of fused-ring (bicyclic) bond motifs is 1. The number of imide groups is 1. The molecule has 4 N–H and O–H groups in total. The third-order valence-corrected chi connectivity index (χ3v) is 8.39. The molecule has 6 rings (SSSR count). The lowest BCUT2D eigenvalue weighted by atomic mass is 9.82. The molecule has 1 atom stereocenters. The molecule has 2 saturated heterocycles. The average molecular weight is 609 g/mol. The molecule has 232 valence electrons. The van der Waals surface area contributed by atoms with Gasteiger partial charge >= 0.3 is 18.0 Å². The maximum absolute atomic E-state index is 14.1. The molecule has 2 fully saturated rings. The number of H-pyrrole nitrogens is 1. The van der Waals surface area contributed by atoms with E-state index in [1.807, 2.05) is 60.8 Å². The normalized spacial score (nSPS) is 19.0. The summed E-state index contributed by atoms with van der Waals surface area (Å²) >= 11 is 0. The van der Waals surface area contributed by atoms with E-state index >= 15 is 0 Å². The molecule has 2 aliphatic rings. The summed E-state index contributed by atoms with van der Waals surface area (Å²) in [4.78, 5) is 53.6. The van der Waals surface area contributed by atoms with Gasteiger partial charge in [0.25, 0.3) is 5.91 Å². The Kier molecular flexibility index (Phi) is 9.74. The molecule has 10 nitrogen and oxygen atoms in total. The first-order valence-electron chi connectivity index (χ1n) is 15.0. The van der Waals surface area contributed by atoms with Crippen molar-refractivity contribution in [3.63, 3.8) is 0 Å². The molecule has 3 aromatic carbocycles. The van der Waals surface area contributed by atoms with Crippen LogP contribution in [0.5, 0.6) is 0 Å². The van der Waals surface area contributed by atoms with Crippen LogP contribution in [0.4, 0.5) is 4.79 Å². The molecule has 0 aliphatic carbocycles. The standard InChI is InChI=1S/C31H32N4O2.C4H4O4/c36-29-31(25-12-5-2-6-13-25,27-22-32-28-15-8-7-14-26(27)28)33-30(37)35(29)19-9-18-34-20-16-24(17-21-34)23-10-3-1-4-11-23;5-3(6)1-2-4(7)8/h1-8,10-15,22,24,32H,9,16-21H2,(H,33,37);1-2H,(H,5,6)(H,7,8)/b;2-1-. The lowest BCUT2D eigenvalue weighted by molar-refractivity contribution is -0.134. The van der Waals surface area contributed by atoms with E-state index in [0.717, 1.165) is 60.9 Å². The predicted molar refractivity (Wildman–Crippen MR) is 170 cm³/mol. The van der Waals surface area contributed by atoms with Gasteiger partial charge in [0.15, 0.2) is 5.54 Å². The number of benzene rings is 3. The summed E-state index contributed by atoms with van der Waals surface area (Å²) in [7, 11) is 0. The van der Waals surface area contributed by atoms with Crippen molar-refractivity contribution in [2.75, 3.05) is 26.2 Å². The number of carbonyl (C=O) groups is 4. The number of piperidine rings is 1. The van der Waals surface area contributed by atoms with Crippen molar-refractivity contribution in [1.82, 2.24) is 20.1 Å². The van der Waals surface area contributed by atoms with E-state index < -0.39 is 17.5 Å². The summed E-state index contributed by atoms with van der Waals surface area (Å²) in [6.45, 7) is 3.37. The highest BCUT2D eigenvalue weighted by Gasteiger charge is 2.54. The molecule has 0 saturated carbocycles.